The van der Waals surface area contributed by atoms with Crippen LogP contribution in [0.15, 0.2) is 0 Å². The van der Waals surface area contributed by atoms with Gasteiger partial charge in [-0.05, 0) is 68.7 Å². The molecule has 4 saturated carbocycles. The lowest BCUT2D eigenvalue weighted by atomic mass is 9.52. The maximum Gasteiger partial charge on any atom is 0.111 e. The van der Waals surface area contributed by atoms with Gasteiger partial charge in [0.25, 0.3) is 0 Å². The summed E-state index contributed by atoms with van der Waals surface area (Å²) in [5.41, 5.74) is 0. The van der Waals surface area contributed by atoms with Gasteiger partial charge < -0.3 is 4.90 Å². The highest BCUT2D eigenvalue weighted by atomic mass is 15.3. The van der Waals surface area contributed by atoms with E-state index in [4.69, 9.17) is 0 Å². The highest BCUT2D eigenvalue weighted by Gasteiger charge is 2.48. The van der Waals surface area contributed by atoms with Crippen molar-refractivity contribution in [3.8, 4) is 6.07 Å². The Hall–Kier alpha value is -0.590. The van der Waals surface area contributed by atoms with Crippen molar-refractivity contribution in [1.82, 2.24) is 9.80 Å². The number of hydrogen-bond donors (Lipinski definition) is 0. The standard InChI is InChI=1S/C17H27N3/c1-19-2-3-20(16(9-18)10-19)11-17-14-5-12-4-13(7-14)8-15(17)6-12/h12-17H,2-8,10-11H2,1H3. The van der Waals surface area contributed by atoms with Crippen LogP contribution in [0.4, 0.5) is 0 Å². The fourth-order valence-electron chi connectivity index (χ4n) is 5.90. The molecule has 1 atom stereocenters. The molecule has 5 rings (SSSR count). The molecule has 5 fully saturated rings. The zero-order valence-corrected chi connectivity index (χ0v) is 12.7. The summed E-state index contributed by atoms with van der Waals surface area (Å²) in [5.74, 6) is 5.01. The van der Waals surface area contributed by atoms with Gasteiger partial charge in [-0.3, -0.25) is 4.90 Å². The third kappa shape index (κ3) is 2.18. The van der Waals surface area contributed by atoms with Crippen LogP contribution in [-0.2, 0) is 0 Å². The summed E-state index contributed by atoms with van der Waals surface area (Å²) in [6.45, 7) is 4.37. The fraction of sp³-hybridized carbons (Fsp3) is 0.941. The highest BCUT2D eigenvalue weighted by molar-refractivity contribution is 5.02. The normalized spacial score (nSPS) is 48.4. The monoisotopic (exact) mass is 273 g/mol. The number of likely N-dealkylation sites (N-methyl/N-ethyl adjacent to an activating group) is 1. The third-order valence-electron chi connectivity index (χ3n) is 6.71. The Kier molecular flexibility index (Phi) is 3.27. The minimum atomic E-state index is 0.130. The average molecular weight is 273 g/mol. The summed E-state index contributed by atoms with van der Waals surface area (Å²) >= 11 is 0. The maximum absolute atomic E-state index is 9.44. The molecule has 0 aromatic rings. The van der Waals surface area contributed by atoms with Gasteiger partial charge in [-0.1, -0.05) is 0 Å². The molecule has 110 valence electrons. The van der Waals surface area contributed by atoms with Crippen LogP contribution in [0.5, 0.6) is 0 Å². The zero-order valence-electron chi connectivity index (χ0n) is 12.7. The Labute approximate surface area is 122 Å². The van der Waals surface area contributed by atoms with E-state index >= 15 is 0 Å². The Morgan fingerprint density at radius 3 is 2.25 bits per heavy atom. The lowest BCUT2D eigenvalue weighted by Gasteiger charge is -2.56. The van der Waals surface area contributed by atoms with Crippen molar-refractivity contribution in [3.05, 3.63) is 0 Å². The average Bonchev–Trinajstić information content (AvgIpc) is 2.43. The highest BCUT2D eigenvalue weighted by Crippen LogP contribution is 2.56. The third-order valence-corrected chi connectivity index (χ3v) is 6.71. The summed E-state index contributed by atoms with van der Waals surface area (Å²) in [5, 5.41) is 9.44. The molecule has 3 heteroatoms. The molecule has 0 aromatic heterocycles. The second-order valence-electron chi connectivity index (χ2n) is 8.00. The van der Waals surface area contributed by atoms with Gasteiger partial charge in [0, 0.05) is 26.2 Å². The van der Waals surface area contributed by atoms with Crippen molar-refractivity contribution in [2.45, 2.75) is 38.1 Å². The van der Waals surface area contributed by atoms with Gasteiger partial charge in [0.1, 0.15) is 6.04 Å². The van der Waals surface area contributed by atoms with Crippen LogP contribution < -0.4 is 0 Å². The molecule has 4 bridgehead atoms. The van der Waals surface area contributed by atoms with Crippen molar-refractivity contribution >= 4 is 0 Å². The van der Waals surface area contributed by atoms with E-state index in [1.807, 2.05) is 0 Å². The summed E-state index contributed by atoms with van der Waals surface area (Å²) in [7, 11) is 2.14. The second-order valence-corrected chi connectivity index (χ2v) is 8.00. The minimum Gasteiger partial charge on any atom is -0.302 e. The predicted octanol–water partition coefficient (Wildman–Crippen LogP) is 2.20. The van der Waals surface area contributed by atoms with Crippen molar-refractivity contribution in [1.29, 1.82) is 5.26 Å². The largest absolute Gasteiger partial charge is 0.302 e. The van der Waals surface area contributed by atoms with Crippen molar-refractivity contribution in [2.75, 3.05) is 33.2 Å². The molecule has 0 aromatic carbocycles. The smallest absolute Gasteiger partial charge is 0.111 e. The summed E-state index contributed by atoms with van der Waals surface area (Å²) < 4.78 is 0. The molecule has 1 saturated heterocycles. The van der Waals surface area contributed by atoms with Crippen LogP contribution in [0.3, 0.4) is 0 Å². The number of nitriles is 1. The number of rotatable bonds is 2. The number of nitrogens with zero attached hydrogens (tertiary/aromatic N) is 3. The summed E-state index contributed by atoms with van der Waals surface area (Å²) in [4.78, 5) is 4.81. The van der Waals surface area contributed by atoms with E-state index < -0.39 is 0 Å². The lowest BCUT2D eigenvalue weighted by molar-refractivity contribution is -0.0561. The Morgan fingerprint density at radius 2 is 1.65 bits per heavy atom. The molecule has 1 unspecified atom stereocenters. The molecule has 0 N–H and O–H groups in total. The van der Waals surface area contributed by atoms with E-state index in [-0.39, 0.29) is 6.04 Å². The molecular weight excluding hydrogens is 246 g/mol. The first-order valence-corrected chi connectivity index (χ1v) is 8.55. The van der Waals surface area contributed by atoms with Gasteiger partial charge in [-0.25, -0.2) is 0 Å². The van der Waals surface area contributed by atoms with Gasteiger partial charge in [0.15, 0.2) is 0 Å². The van der Waals surface area contributed by atoms with E-state index in [0.717, 1.165) is 49.2 Å². The van der Waals surface area contributed by atoms with Gasteiger partial charge in [0.2, 0.25) is 0 Å². The van der Waals surface area contributed by atoms with E-state index in [1.165, 1.54) is 38.6 Å². The van der Waals surface area contributed by atoms with Crippen molar-refractivity contribution in [2.24, 2.45) is 29.6 Å². The minimum absolute atomic E-state index is 0.130. The van der Waals surface area contributed by atoms with Crippen LogP contribution in [0, 0.1) is 40.9 Å². The van der Waals surface area contributed by atoms with Crippen LogP contribution >= 0.6 is 0 Å². The fourth-order valence-corrected chi connectivity index (χ4v) is 5.90. The Balaban J connectivity index is 1.45. The van der Waals surface area contributed by atoms with Gasteiger partial charge in [0.05, 0.1) is 6.07 Å². The molecule has 3 nitrogen and oxygen atoms in total. The summed E-state index contributed by atoms with van der Waals surface area (Å²) in [6, 6.07) is 2.67. The quantitative estimate of drug-likeness (QED) is 0.772. The molecule has 0 radical (unpaired) electrons. The maximum atomic E-state index is 9.44. The molecule has 1 heterocycles. The van der Waals surface area contributed by atoms with E-state index in [9.17, 15) is 5.26 Å². The molecule has 5 aliphatic rings. The predicted molar refractivity (Wildman–Crippen MR) is 79.0 cm³/mol. The lowest BCUT2D eigenvalue weighted by Crippen LogP contribution is -2.56. The molecule has 4 aliphatic carbocycles. The van der Waals surface area contributed by atoms with Crippen LogP contribution in [0.2, 0.25) is 0 Å². The van der Waals surface area contributed by atoms with E-state index in [0.29, 0.717) is 0 Å². The molecule has 0 amide bonds. The van der Waals surface area contributed by atoms with Gasteiger partial charge in [-0.15, -0.1) is 0 Å². The van der Waals surface area contributed by atoms with Crippen molar-refractivity contribution in [3.63, 3.8) is 0 Å². The molecule has 20 heavy (non-hydrogen) atoms. The first kappa shape index (κ1) is 13.1. The van der Waals surface area contributed by atoms with Gasteiger partial charge in [-0.2, -0.15) is 5.26 Å². The van der Waals surface area contributed by atoms with Crippen LogP contribution in [0.25, 0.3) is 0 Å². The zero-order chi connectivity index (χ0) is 13.7. The Bertz CT molecular complexity index is 385. The topological polar surface area (TPSA) is 30.3 Å². The number of hydrogen-bond acceptors (Lipinski definition) is 3. The second kappa shape index (κ2) is 5.00. The molecular formula is C17H27N3. The first-order valence-electron chi connectivity index (χ1n) is 8.55. The summed E-state index contributed by atoms with van der Waals surface area (Å²) in [6.07, 6.45) is 7.55. The van der Waals surface area contributed by atoms with Gasteiger partial charge >= 0.3 is 0 Å². The SMILES string of the molecule is CN1CCN(CC2C3CC4CC(C3)CC2C4)C(C#N)C1. The first-order chi connectivity index (χ1) is 9.72. The van der Waals surface area contributed by atoms with E-state index in [1.54, 1.807) is 0 Å². The van der Waals surface area contributed by atoms with E-state index in [2.05, 4.69) is 22.9 Å². The van der Waals surface area contributed by atoms with Crippen molar-refractivity contribution < 1.29 is 0 Å². The van der Waals surface area contributed by atoms with Crippen LogP contribution in [-0.4, -0.2) is 49.1 Å². The number of piperazine rings is 1. The Morgan fingerprint density at radius 1 is 1.00 bits per heavy atom. The molecule has 1 aliphatic heterocycles. The van der Waals surface area contributed by atoms with Crippen LogP contribution in [0.1, 0.15) is 32.1 Å². The molecule has 0 spiro atoms.